The predicted octanol–water partition coefficient (Wildman–Crippen LogP) is 3.19. The molecule has 1 N–H and O–H groups in total. The molecule has 3 rings (SSSR count). The number of hydrogen-bond donors (Lipinski definition) is 1. The minimum Gasteiger partial charge on any atom is -0.508 e. The summed E-state index contributed by atoms with van der Waals surface area (Å²) in [6, 6.07) is 6.48. The first-order chi connectivity index (χ1) is 10.0. The van der Waals surface area contributed by atoms with Crippen LogP contribution in [-0.4, -0.2) is 48.1 Å². The number of rotatable bonds is 4. The first-order valence-electron chi connectivity index (χ1n) is 8.22. The molecule has 3 heteroatoms. The lowest BCUT2D eigenvalue weighted by Crippen LogP contribution is -2.57. The number of aromatic hydroxyl groups is 1. The highest BCUT2D eigenvalue weighted by Crippen LogP contribution is 2.41. The van der Waals surface area contributed by atoms with Gasteiger partial charge in [0.1, 0.15) is 5.75 Å². The Labute approximate surface area is 128 Å². The summed E-state index contributed by atoms with van der Waals surface area (Å²) in [4.78, 5) is 4.94. The van der Waals surface area contributed by atoms with Gasteiger partial charge in [-0.3, -0.25) is 4.90 Å². The zero-order chi connectivity index (χ0) is 15.0. The van der Waals surface area contributed by atoms with Crippen LogP contribution in [0.25, 0.3) is 0 Å². The summed E-state index contributed by atoms with van der Waals surface area (Å²) in [6.07, 6.45) is 7.37. The predicted molar refractivity (Wildman–Crippen MR) is 86.7 cm³/mol. The number of fused-ring (bicyclic) bond motifs is 1. The van der Waals surface area contributed by atoms with Crippen LogP contribution < -0.4 is 0 Å². The SMILES string of the molecule is CN(CC1(N(C)C)CCC1)C1CCCc2c(O)cccc21. The topological polar surface area (TPSA) is 26.7 Å². The Morgan fingerprint density at radius 1 is 1.19 bits per heavy atom. The highest BCUT2D eigenvalue weighted by Gasteiger charge is 2.41. The summed E-state index contributed by atoms with van der Waals surface area (Å²) in [5, 5.41) is 10.1. The normalized spacial score (nSPS) is 24.0. The molecule has 116 valence electrons. The second kappa shape index (κ2) is 5.62. The average Bonchev–Trinajstić information content (AvgIpc) is 2.42. The van der Waals surface area contributed by atoms with E-state index < -0.39 is 0 Å². The van der Waals surface area contributed by atoms with Crippen LogP contribution in [0.2, 0.25) is 0 Å². The zero-order valence-corrected chi connectivity index (χ0v) is 13.6. The van der Waals surface area contributed by atoms with E-state index in [9.17, 15) is 5.11 Å². The van der Waals surface area contributed by atoms with Gasteiger partial charge in [-0.2, -0.15) is 0 Å². The zero-order valence-electron chi connectivity index (χ0n) is 13.6. The van der Waals surface area contributed by atoms with E-state index in [0.29, 0.717) is 17.3 Å². The molecule has 1 atom stereocenters. The van der Waals surface area contributed by atoms with Crippen molar-refractivity contribution < 1.29 is 5.11 Å². The van der Waals surface area contributed by atoms with E-state index in [1.165, 1.54) is 43.2 Å². The third kappa shape index (κ3) is 2.58. The van der Waals surface area contributed by atoms with Gasteiger partial charge in [-0.05, 0) is 76.9 Å². The van der Waals surface area contributed by atoms with Gasteiger partial charge >= 0.3 is 0 Å². The van der Waals surface area contributed by atoms with Crippen LogP contribution in [0, 0.1) is 0 Å². The van der Waals surface area contributed by atoms with Crippen molar-refractivity contribution in [3.05, 3.63) is 29.3 Å². The van der Waals surface area contributed by atoms with Gasteiger partial charge in [-0.15, -0.1) is 0 Å². The van der Waals surface area contributed by atoms with Gasteiger partial charge in [0, 0.05) is 18.1 Å². The van der Waals surface area contributed by atoms with E-state index in [0.717, 1.165) is 13.0 Å². The molecule has 0 heterocycles. The molecule has 0 radical (unpaired) electrons. The lowest BCUT2D eigenvalue weighted by atomic mass is 9.74. The van der Waals surface area contributed by atoms with E-state index in [4.69, 9.17) is 0 Å². The van der Waals surface area contributed by atoms with Crippen molar-refractivity contribution in [2.75, 3.05) is 27.7 Å². The molecule has 21 heavy (non-hydrogen) atoms. The molecule has 2 aliphatic carbocycles. The van der Waals surface area contributed by atoms with Gasteiger partial charge in [-0.1, -0.05) is 12.1 Å². The minimum absolute atomic E-state index is 0.364. The molecule has 0 amide bonds. The smallest absolute Gasteiger partial charge is 0.119 e. The summed E-state index contributed by atoms with van der Waals surface area (Å²) in [7, 11) is 6.69. The van der Waals surface area contributed by atoms with Gasteiger partial charge in [0.2, 0.25) is 0 Å². The van der Waals surface area contributed by atoms with Crippen molar-refractivity contribution >= 4 is 0 Å². The fraction of sp³-hybridized carbons (Fsp3) is 0.667. The van der Waals surface area contributed by atoms with Gasteiger partial charge < -0.3 is 10.0 Å². The van der Waals surface area contributed by atoms with Crippen molar-refractivity contribution in [2.45, 2.75) is 50.1 Å². The monoisotopic (exact) mass is 288 g/mol. The summed E-state index contributed by atoms with van der Waals surface area (Å²) >= 11 is 0. The summed E-state index contributed by atoms with van der Waals surface area (Å²) in [6.45, 7) is 1.12. The first kappa shape index (κ1) is 14.9. The van der Waals surface area contributed by atoms with Crippen LogP contribution >= 0.6 is 0 Å². The van der Waals surface area contributed by atoms with E-state index >= 15 is 0 Å². The molecule has 0 spiro atoms. The van der Waals surface area contributed by atoms with Gasteiger partial charge in [-0.25, -0.2) is 0 Å². The second-order valence-electron chi connectivity index (χ2n) is 7.14. The second-order valence-corrected chi connectivity index (χ2v) is 7.14. The Kier molecular flexibility index (Phi) is 3.98. The Morgan fingerprint density at radius 2 is 1.95 bits per heavy atom. The maximum atomic E-state index is 10.1. The molecule has 1 aromatic rings. The molecule has 0 bridgehead atoms. The summed E-state index contributed by atoms with van der Waals surface area (Å²) < 4.78 is 0. The Bertz CT molecular complexity index is 508. The Balaban J connectivity index is 1.80. The molecule has 1 aromatic carbocycles. The van der Waals surface area contributed by atoms with Crippen molar-refractivity contribution in [3.8, 4) is 5.75 Å². The van der Waals surface area contributed by atoms with Crippen molar-refractivity contribution in [1.82, 2.24) is 9.80 Å². The molecule has 1 fully saturated rings. The molecular weight excluding hydrogens is 260 g/mol. The molecular formula is C18H28N2O. The maximum Gasteiger partial charge on any atom is 0.119 e. The minimum atomic E-state index is 0.364. The third-order valence-electron chi connectivity index (χ3n) is 5.76. The van der Waals surface area contributed by atoms with Crippen LogP contribution in [0.4, 0.5) is 0 Å². The third-order valence-corrected chi connectivity index (χ3v) is 5.76. The lowest BCUT2D eigenvalue weighted by molar-refractivity contribution is 0.0135. The number of nitrogens with zero attached hydrogens (tertiary/aromatic N) is 2. The van der Waals surface area contributed by atoms with Gasteiger partial charge in [0.05, 0.1) is 0 Å². The lowest BCUT2D eigenvalue weighted by Gasteiger charge is -2.51. The maximum absolute atomic E-state index is 10.1. The molecule has 2 aliphatic rings. The summed E-state index contributed by atoms with van der Waals surface area (Å²) in [5.74, 6) is 0.483. The number of likely N-dealkylation sites (N-methyl/N-ethyl adjacent to an activating group) is 2. The number of benzene rings is 1. The molecule has 0 aliphatic heterocycles. The summed E-state index contributed by atoms with van der Waals surface area (Å²) in [5.41, 5.74) is 2.88. The van der Waals surface area contributed by atoms with Crippen LogP contribution in [0.1, 0.15) is 49.3 Å². The number of phenols is 1. The molecule has 3 nitrogen and oxygen atoms in total. The van der Waals surface area contributed by atoms with E-state index in [1.54, 1.807) is 0 Å². The fourth-order valence-corrected chi connectivity index (χ4v) is 4.17. The highest BCUT2D eigenvalue weighted by molar-refractivity contribution is 5.42. The van der Waals surface area contributed by atoms with Crippen LogP contribution in [-0.2, 0) is 6.42 Å². The molecule has 1 saturated carbocycles. The van der Waals surface area contributed by atoms with Crippen LogP contribution in [0.5, 0.6) is 5.75 Å². The first-order valence-corrected chi connectivity index (χ1v) is 8.22. The van der Waals surface area contributed by atoms with Crippen LogP contribution in [0.15, 0.2) is 18.2 Å². The van der Waals surface area contributed by atoms with E-state index in [1.807, 2.05) is 12.1 Å². The quantitative estimate of drug-likeness (QED) is 0.922. The van der Waals surface area contributed by atoms with Crippen molar-refractivity contribution in [3.63, 3.8) is 0 Å². The van der Waals surface area contributed by atoms with Gasteiger partial charge in [0.25, 0.3) is 0 Å². The standard InChI is InChI=1S/C18H28N2O/c1-19(2)18(11-6-12-18)13-20(3)16-9-4-8-15-14(16)7-5-10-17(15)21/h5,7,10,16,21H,4,6,8-9,11-13H2,1-3H3. The average molecular weight is 288 g/mol. The molecule has 1 unspecified atom stereocenters. The van der Waals surface area contributed by atoms with Crippen molar-refractivity contribution in [1.29, 1.82) is 0 Å². The highest BCUT2D eigenvalue weighted by atomic mass is 16.3. The molecule has 0 aromatic heterocycles. The fourth-order valence-electron chi connectivity index (χ4n) is 4.17. The van der Waals surface area contributed by atoms with Crippen molar-refractivity contribution in [2.24, 2.45) is 0 Å². The van der Waals surface area contributed by atoms with E-state index in [-0.39, 0.29) is 0 Å². The van der Waals surface area contributed by atoms with Gasteiger partial charge in [0.15, 0.2) is 0 Å². The number of phenolic OH excluding ortho intramolecular Hbond substituents is 1. The number of hydrogen-bond acceptors (Lipinski definition) is 3. The Morgan fingerprint density at radius 3 is 2.57 bits per heavy atom. The van der Waals surface area contributed by atoms with E-state index in [2.05, 4.69) is 37.0 Å². The largest absolute Gasteiger partial charge is 0.508 e. The molecule has 0 saturated heterocycles. The Hall–Kier alpha value is -1.06. The van der Waals surface area contributed by atoms with Crippen LogP contribution in [0.3, 0.4) is 0 Å².